The molecule has 5 heteroatoms. The minimum Gasteiger partial charge on any atom is -0.507 e. The minimum absolute atomic E-state index is 0.123. The highest BCUT2D eigenvalue weighted by atomic mass is 16.4. The van der Waals surface area contributed by atoms with Gasteiger partial charge in [0.2, 0.25) is 11.8 Å². The fourth-order valence-electron chi connectivity index (χ4n) is 2.88. The minimum atomic E-state index is 0.123. The monoisotopic (exact) mass is 328 g/mol. The second-order valence-electron chi connectivity index (χ2n) is 5.68. The van der Waals surface area contributed by atoms with Crippen molar-refractivity contribution in [1.29, 1.82) is 0 Å². The molecule has 5 aromatic rings. The first-order valence-electron chi connectivity index (χ1n) is 7.83. The summed E-state index contributed by atoms with van der Waals surface area (Å²) in [5, 5.41) is 10.0. The number of phenolic OH excluding ortho intramolecular Hbond substituents is 1. The highest BCUT2D eigenvalue weighted by Gasteiger charge is 2.17. The molecule has 0 spiro atoms. The average Bonchev–Trinajstić information content (AvgIpc) is 3.25. The maximum absolute atomic E-state index is 10.0. The highest BCUT2D eigenvalue weighted by molar-refractivity contribution is 5.91. The third-order valence-electron chi connectivity index (χ3n) is 4.08. The normalized spacial score (nSPS) is 11.4. The molecule has 0 atom stereocenters. The van der Waals surface area contributed by atoms with Crippen molar-refractivity contribution in [3.05, 3.63) is 66.7 Å². The molecule has 0 saturated heterocycles. The second-order valence-corrected chi connectivity index (χ2v) is 5.68. The predicted octanol–water partition coefficient (Wildman–Crippen LogP) is 5.01. The Hall–Kier alpha value is -3.60. The van der Waals surface area contributed by atoms with E-state index >= 15 is 0 Å². The zero-order valence-electron chi connectivity index (χ0n) is 13.0. The molecule has 5 nitrogen and oxygen atoms in total. The molecule has 0 unspecified atom stereocenters. The van der Waals surface area contributed by atoms with Gasteiger partial charge in [-0.15, -0.1) is 0 Å². The first-order valence-corrected chi connectivity index (χ1v) is 7.83. The Labute approximate surface area is 142 Å². The molecule has 0 aliphatic heterocycles. The van der Waals surface area contributed by atoms with Crippen LogP contribution in [0.5, 0.6) is 5.75 Å². The van der Waals surface area contributed by atoms with Crippen molar-refractivity contribution in [3.63, 3.8) is 0 Å². The van der Waals surface area contributed by atoms with Gasteiger partial charge in [0.15, 0.2) is 11.2 Å². The van der Waals surface area contributed by atoms with E-state index in [1.165, 1.54) is 0 Å². The number of phenols is 1. The van der Waals surface area contributed by atoms with Gasteiger partial charge in [-0.05, 0) is 36.4 Å². The SMILES string of the molecule is Oc1ccccc1-c1nc2c(-c3nc4ccccc4o3)cccc2o1. The second kappa shape index (κ2) is 5.21. The van der Waals surface area contributed by atoms with E-state index in [9.17, 15) is 5.11 Å². The van der Waals surface area contributed by atoms with Crippen molar-refractivity contribution >= 4 is 22.2 Å². The molecule has 3 aromatic carbocycles. The summed E-state index contributed by atoms with van der Waals surface area (Å²) in [4.78, 5) is 9.10. The van der Waals surface area contributed by atoms with E-state index in [0.29, 0.717) is 28.4 Å². The van der Waals surface area contributed by atoms with Crippen LogP contribution in [0.25, 0.3) is 45.1 Å². The van der Waals surface area contributed by atoms with Gasteiger partial charge in [0.1, 0.15) is 16.8 Å². The number of oxazole rings is 2. The van der Waals surface area contributed by atoms with Crippen molar-refractivity contribution < 1.29 is 13.9 Å². The molecule has 0 fully saturated rings. The van der Waals surface area contributed by atoms with Crippen LogP contribution in [0, 0.1) is 0 Å². The summed E-state index contributed by atoms with van der Waals surface area (Å²) in [6.45, 7) is 0. The van der Waals surface area contributed by atoms with Gasteiger partial charge in [-0.25, -0.2) is 9.97 Å². The van der Waals surface area contributed by atoms with Crippen LogP contribution in [0.1, 0.15) is 0 Å². The van der Waals surface area contributed by atoms with Crippen molar-refractivity contribution in [2.75, 3.05) is 0 Å². The number of hydrogen-bond donors (Lipinski definition) is 1. The third-order valence-corrected chi connectivity index (χ3v) is 4.08. The highest BCUT2D eigenvalue weighted by Crippen LogP contribution is 2.35. The number of para-hydroxylation sites is 4. The molecular weight excluding hydrogens is 316 g/mol. The van der Waals surface area contributed by atoms with Crippen molar-refractivity contribution in [3.8, 4) is 28.7 Å². The van der Waals surface area contributed by atoms with Crippen molar-refractivity contribution in [1.82, 2.24) is 9.97 Å². The fourth-order valence-corrected chi connectivity index (χ4v) is 2.88. The van der Waals surface area contributed by atoms with Crippen LogP contribution in [0.3, 0.4) is 0 Å². The van der Waals surface area contributed by atoms with Gasteiger partial charge in [0.05, 0.1) is 11.1 Å². The largest absolute Gasteiger partial charge is 0.507 e. The molecule has 2 heterocycles. The standard InChI is InChI=1S/C20H12N2O3/c23-15-9-3-1-6-12(15)19-22-18-13(7-5-11-17(18)25-19)20-21-14-8-2-4-10-16(14)24-20/h1-11,23H. The molecule has 0 amide bonds. The molecule has 0 radical (unpaired) electrons. The molecule has 0 saturated carbocycles. The third kappa shape index (κ3) is 2.17. The van der Waals surface area contributed by atoms with Gasteiger partial charge >= 0.3 is 0 Å². The Morgan fingerprint density at radius 2 is 1.32 bits per heavy atom. The maximum Gasteiger partial charge on any atom is 0.231 e. The summed E-state index contributed by atoms with van der Waals surface area (Å²) in [5.41, 5.74) is 4.06. The lowest BCUT2D eigenvalue weighted by Crippen LogP contribution is -1.81. The first-order chi connectivity index (χ1) is 12.3. The van der Waals surface area contributed by atoms with E-state index in [-0.39, 0.29) is 5.75 Å². The zero-order valence-corrected chi connectivity index (χ0v) is 13.0. The van der Waals surface area contributed by atoms with Crippen LogP contribution < -0.4 is 0 Å². The molecule has 2 aromatic heterocycles. The number of aromatic nitrogens is 2. The Kier molecular flexibility index (Phi) is 2.87. The van der Waals surface area contributed by atoms with Crippen LogP contribution in [-0.2, 0) is 0 Å². The Balaban J connectivity index is 1.73. The van der Waals surface area contributed by atoms with Crippen molar-refractivity contribution in [2.24, 2.45) is 0 Å². The van der Waals surface area contributed by atoms with E-state index in [1.807, 2.05) is 48.5 Å². The fraction of sp³-hybridized carbons (Fsp3) is 0. The van der Waals surface area contributed by atoms with Crippen LogP contribution in [-0.4, -0.2) is 15.1 Å². The summed E-state index contributed by atoms with van der Waals surface area (Å²) in [6, 6.07) is 20.1. The van der Waals surface area contributed by atoms with Crippen LogP contribution in [0.15, 0.2) is 75.6 Å². The number of rotatable bonds is 2. The predicted molar refractivity (Wildman–Crippen MR) is 94.1 cm³/mol. The molecule has 0 bridgehead atoms. The van der Waals surface area contributed by atoms with E-state index in [4.69, 9.17) is 8.83 Å². The van der Waals surface area contributed by atoms with Crippen LogP contribution in [0.2, 0.25) is 0 Å². The molecule has 0 aliphatic carbocycles. The van der Waals surface area contributed by atoms with Gasteiger partial charge in [0.25, 0.3) is 0 Å². The van der Waals surface area contributed by atoms with E-state index in [1.54, 1.807) is 18.2 Å². The average molecular weight is 328 g/mol. The number of aromatic hydroxyl groups is 1. The number of nitrogens with zero attached hydrogens (tertiary/aromatic N) is 2. The smallest absolute Gasteiger partial charge is 0.231 e. The first kappa shape index (κ1) is 13.8. The summed E-state index contributed by atoms with van der Waals surface area (Å²) < 4.78 is 11.7. The lowest BCUT2D eigenvalue weighted by molar-refractivity contribution is 0.474. The topological polar surface area (TPSA) is 72.3 Å². The summed E-state index contributed by atoms with van der Waals surface area (Å²) in [6.07, 6.45) is 0. The molecule has 0 aliphatic rings. The lowest BCUT2D eigenvalue weighted by Gasteiger charge is -1.97. The Morgan fingerprint density at radius 1 is 0.640 bits per heavy atom. The number of fused-ring (bicyclic) bond motifs is 2. The maximum atomic E-state index is 10.0. The van der Waals surface area contributed by atoms with Crippen molar-refractivity contribution in [2.45, 2.75) is 0 Å². The van der Waals surface area contributed by atoms with Crippen LogP contribution >= 0.6 is 0 Å². The molecule has 120 valence electrons. The molecule has 25 heavy (non-hydrogen) atoms. The molecule has 5 rings (SSSR count). The zero-order chi connectivity index (χ0) is 16.8. The van der Waals surface area contributed by atoms with Gasteiger partial charge < -0.3 is 13.9 Å². The molecular formula is C20H12N2O3. The van der Waals surface area contributed by atoms with Gasteiger partial charge in [0, 0.05) is 0 Å². The summed E-state index contributed by atoms with van der Waals surface area (Å²) in [7, 11) is 0. The van der Waals surface area contributed by atoms with E-state index in [0.717, 1.165) is 16.7 Å². The van der Waals surface area contributed by atoms with E-state index in [2.05, 4.69) is 9.97 Å². The number of benzene rings is 3. The van der Waals surface area contributed by atoms with Gasteiger partial charge in [-0.2, -0.15) is 0 Å². The Bertz CT molecular complexity index is 1190. The van der Waals surface area contributed by atoms with Crippen LogP contribution in [0.4, 0.5) is 0 Å². The molecule has 1 N–H and O–H groups in total. The van der Waals surface area contributed by atoms with E-state index < -0.39 is 0 Å². The quantitative estimate of drug-likeness (QED) is 0.493. The van der Waals surface area contributed by atoms with Gasteiger partial charge in [-0.1, -0.05) is 30.3 Å². The lowest BCUT2D eigenvalue weighted by atomic mass is 10.2. The summed E-state index contributed by atoms with van der Waals surface area (Å²) >= 11 is 0. The Morgan fingerprint density at radius 3 is 2.20 bits per heavy atom. The number of hydrogen-bond acceptors (Lipinski definition) is 5. The summed E-state index contributed by atoms with van der Waals surface area (Å²) in [5.74, 6) is 0.970. The van der Waals surface area contributed by atoms with Gasteiger partial charge in [-0.3, -0.25) is 0 Å².